The fourth-order valence-corrected chi connectivity index (χ4v) is 2.10. The third kappa shape index (κ3) is 4.61. The molecule has 0 amide bonds. The summed E-state index contributed by atoms with van der Waals surface area (Å²) in [6.07, 6.45) is 0. The Bertz CT molecular complexity index is 600. The van der Waals surface area contributed by atoms with Crippen LogP contribution in [0.3, 0.4) is 0 Å². The zero-order chi connectivity index (χ0) is 15.2. The van der Waals surface area contributed by atoms with Gasteiger partial charge in [-0.25, -0.2) is 0 Å². The van der Waals surface area contributed by atoms with Crippen LogP contribution in [-0.4, -0.2) is 12.5 Å². The summed E-state index contributed by atoms with van der Waals surface area (Å²) in [5.41, 5.74) is 8.76. The van der Waals surface area contributed by atoms with Gasteiger partial charge in [0.05, 0.1) is 6.54 Å². The molecule has 0 saturated heterocycles. The molecule has 0 heterocycles. The molecule has 0 radical (unpaired) electrons. The van der Waals surface area contributed by atoms with Crippen LogP contribution >= 0.6 is 0 Å². The maximum absolute atomic E-state index is 11.1. The molecule has 2 rings (SSSR count). The maximum Gasteiger partial charge on any atom is 0.325 e. The van der Waals surface area contributed by atoms with Crippen LogP contribution in [0.2, 0.25) is 0 Å². The SMILES string of the molecule is Cc1cc(C)cc(COc2ccc(OC(=O)CN)cc2)c1. The Labute approximate surface area is 124 Å². The van der Waals surface area contributed by atoms with Crippen molar-refractivity contribution in [1.82, 2.24) is 0 Å². The number of benzene rings is 2. The molecule has 110 valence electrons. The molecule has 0 aromatic heterocycles. The zero-order valence-electron chi connectivity index (χ0n) is 12.3. The van der Waals surface area contributed by atoms with Crippen molar-refractivity contribution in [2.45, 2.75) is 20.5 Å². The number of hydrogen-bond acceptors (Lipinski definition) is 4. The van der Waals surface area contributed by atoms with Crippen molar-refractivity contribution in [1.29, 1.82) is 0 Å². The van der Waals surface area contributed by atoms with Crippen LogP contribution in [0, 0.1) is 13.8 Å². The summed E-state index contributed by atoms with van der Waals surface area (Å²) in [5, 5.41) is 0. The Hall–Kier alpha value is -2.33. The third-order valence-corrected chi connectivity index (χ3v) is 2.91. The maximum atomic E-state index is 11.1. The molecule has 0 bridgehead atoms. The van der Waals surface area contributed by atoms with Crippen molar-refractivity contribution in [3.05, 3.63) is 59.2 Å². The zero-order valence-corrected chi connectivity index (χ0v) is 12.3. The van der Waals surface area contributed by atoms with Crippen molar-refractivity contribution in [2.75, 3.05) is 6.54 Å². The Morgan fingerprint density at radius 3 is 2.14 bits per heavy atom. The monoisotopic (exact) mass is 285 g/mol. The van der Waals surface area contributed by atoms with Crippen molar-refractivity contribution < 1.29 is 14.3 Å². The molecular weight excluding hydrogens is 266 g/mol. The second-order valence-electron chi connectivity index (χ2n) is 4.93. The van der Waals surface area contributed by atoms with Crippen LogP contribution in [0.25, 0.3) is 0 Å². The highest BCUT2D eigenvalue weighted by molar-refractivity contribution is 5.74. The molecule has 2 aromatic carbocycles. The standard InChI is InChI=1S/C17H19NO3/c1-12-7-13(2)9-14(8-12)11-20-15-3-5-16(6-4-15)21-17(19)10-18/h3-9H,10-11,18H2,1-2H3. The minimum absolute atomic E-state index is 0.134. The van der Waals surface area contributed by atoms with Gasteiger partial charge in [0.2, 0.25) is 0 Å². The van der Waals surface area contributed by atoms with Gasteiger partial charge >= 0.3 is 5.97 Å². The van der Waals surface area contributed by atoms with Crippen molar-refractivity contribution >= 4 is 5.97 Å². The van der Waals surface area contributed by atoms with E-state index in [0.717, 1.165) is 11.3 Å². The number of ether oxygens (including phenoxy) is 2. The highest BCUT2D eigenvalue weighted by atomic mass is 16.5. The van der Waals surface area contributed by atoms with Gasteiger partial charge in [0, 0.05) is 0 Å². The minimum Gasteiger partial charge on any atom is -0.489 e. The highest BCUT2D eigenvalue weighted by Gasteiger charge is 2.03. The van der Waals surface area contributed by atoms with E-state index in [2.05, 4.69) is 32.0 Å². The van der Waals surface area contributed by atoms with Crippen LogP contribution in [-0.2, 0) is 11.4 Å². The first kappa shape index (κ1) is 15.1. The first-order valence-corrected chi connectivity index (χ1v) is 6.77. The second-order valence-corrected chi connectivity index (χ2v) is 4.93. The first-order valence-electron chi connectivity index (χ1n) is 6.77. The topological polar surface area (TPSA) is 61.5 Å². The summed E-state index contributed by atoms with van der Waals surface area (Å²) in [4.78, 5) is 11.1. The molecule has 0 aliphatic carbocycles. The summed E-state index contributed by atoms with van der Waals surface area (Å²) < 4.78 is 10.7. The van der Waals surface area contributed by atoms with Crippen LogP contribution in [0.1, 0.15) is 16.7 Å². The van der Waals surface area contributed by atoms with Crippen LogP contribution in [0.5, 0.6) is 11.5 Å². The number of carbonyl (C=O) groups is 1. The largest absolute Gasteiger partial charge is 0.489 e. The molecule has 0 unspecified atom stereocenters. The van der Waals surface area contributed by atoms with Crippen LogP contribution < -0.4 is 15.2 Å². The van der Waals surface area contributed by atoms with E-state index in [0.29, 0.717) is 12.4 Å². The van der Waals surface area contributed by atoms with E-state index in [4.69, 9.17) is 15.2 Å². The second kappa shape index (κ2) is 6.90. The number of carbonyl (C=O) groups excluding carboxylic acids is 1. The quantitative estimate of drug-likeness (QED) is 0.678. The average molecular weight is 285 g/mol. The molecule has 21 heavy (non-hydrogen) atoms. The van der Waals surface area contributed by atoms with Gasteiger partial charge in [-0.05, 0) is 43.7 Å². The molecule has 4 heteroatoms. The van der Waals surface area contributed by atoms with Gasteiger partial charge in [-0.2, -0.15) is 0 Å². The third-order valence-electron chi connectivity index (χ3n) is 2.91. The molecule has 0 saturated carbocycles. The van der Waals surface area contributed by atoms with Gasteiger partial charge < -0.3 is 15.2 Å². The van der Waals surface area contributed by atoms with Gasteiger partial charge in [0.15, 0.2) is 0 Å². The number of aryl methyl sites for hydroxylation is 2. The van der Waals surface area contributed by atoms with E-state index in [1.807, 2.05) is 0 Å². The Kier molecular flexibility index (Phi) is 4.95. The first-order chi connectivity index (χ1) is 10.1. The predicted octanol–water partition coefficient (Wildman–Crippen LogP) is 2.75. The summed E-state index contributed by atoms with van der Waals surface area (Å²) in [6, 6.07) is 13.2. The van der Waals surface area contributed by atoms with Gasteiger partial charge in [0.25, 0.3) is 0 Å². The summed E-state index contributed by atoms with van der Waals surface area (Å²) in [6.45, 7) is 4.50. The lowest BCUT2D eigenvalue weighted by atomic mass is 10.1. The molecular formula is C17H19NO3. The lowest BCUT2D eigenvalue weighted by Gasteiger charge is -2.09. The molecule has 0 aliphatic heterocycles. The number of hydrogen-bond donors (Lipinski definition) is 1. The molecule has 4 nitrogen and oxygen atoms in total. The molecule has 2 N–H and O–H groups in total. The summed E-state index contributed by atoms with van der Waals surface area (Å²) in [5.74, 6) is 0.727. The van der Waals surface area contributed by atoms with Gasteiger partial charge in [0.1, 0.15) is 18.1 Å². The number of nitrogens with two attached hydrogens (primary N) is 1. The van der Waals surface area contributed by atoms with E-state index in [-0.39, 0.29) is 6.54 Å². The number of esters is 1. The predicted molar refractivity (Wildman–Crippen MR) is 81.4 cm³/mol. The van der Waals surface area contributed by atoms with Crippen LogP contribution in [0.4, 0.5) is 0 Å². The van der Waals surface area contributed by atoms with E-state index >= 15 is 0 Å². The molecule has 0 fully saturated rings. The Morgan fingerprint density at radius 2 is 1.57 bits per heavy atom. The molecule has 0 atom stereocenters. The van der Waals surface area contributed by atoms with Crippen molar-refractivity contribution in [2.24, 2.45) is 5.73 Å². The average Bonchev–Trinajstić information content (AvgIpc) is 2.45. The summed E-state index contributed by atoms with van der Waals surface area (Å²) in [7, 11) is 0. The molecule has 2 aromatic rings. The van der Waals surface area contributed by atoms with Gasteiger partial charge in [-0.1, -0.05) is 29.3 Å². The summed E-state index contributed by atoms with van der Waals surface area (Å²) >= 11 is 0. The fourth-order valence-electron chi connectivity index (χ4n) is 2.10. The van der Waals surface area contributed by atoms with E-state index in [9.17, 15) is 4.79 Å². The molecule has 0 spiro atoms. The van der Waals surface area contributed by atoms with E-state index < -0.39 is 5.97 Å². The fraction of sp³-hybridized carbons (Fsp3) is 0.235. The highest BCUT2D eigenvalue weighted by Crippen LogP contribution is 2.19. The minimum atomic E-state index is -0.459. The van der Waals surface area contributed by atoms with Crippen molar-refractivity contribution in [3.8, 4) is 11.5 Å². The lowest BCUT2D eigenvalue weighted by molar-refractivity contribution is -0.132. The van der Waals surface area contributed by atoms with Gasteiger partial charge in [-0.3, -0.25) is 4.79 Å². The molecule has 0 aliphatic rings. The Morgan fingerprint density at radius 1 is 1.00 bits per heavy atom. The normalized spacial score (nSPS) is 10.2. The van der Waals surface area contributed by atoms with Crippen LogP contribution in [0.15, 0.2) is 42.5 Å². The van der Waals surface area contributed by atoms with E-state index in [1.165, 1.54) is 11.1 Å². The number of rotatable bonds is 5. The van der Waals surface area contributed by atoms with Crippen molar-refractivity contribution in [3.63, 3.8) is 0 Å². The van der Waals surface area contributed by atoms with Gasteiger partial charge in [-0.15, -0.1) is 0 Å². The van der Waals surface area contributed by atoms with E-state index in [1.54, 1.807) is 24.3 Å². The Balaban J connectivity index is 1.95. The smallest absolute Gasteiger partial charge is 0.325 e. The lowest BCUT2D eigenvalue weighted by Crippen LogP contribution is -2.19.